The largest absolute Gasteiger partial charge is 0.523 e. The Morgan fingerprint density at radius 2 is 1.65 bits per heavy atom. The molecule has 0 atom stereocenters. The van der Waals surface area contributed by atoms with Crippen molar-refractivity contribution in [3.05, 3.63) is 0 Å². The van der Waals surface area contributed by atoms with Crippen LogP contribution in [0.2, 0.25) is 0 Å². The van der Waals surface area contributed by atoms with Crippen LogP contribution in [0.1, 0.15) is 44.9 Å². The molecule has 0 aliphatic heterocycles. The number of halogens is 3. The van der Waals surface area contributed by atoms with Crippen molar-refractivity contribution in [1.29, 1.82) is 0 Å². The van der Waals surface area contributed by atoms with E-state index in [4.69, 9.17) is 0 Å². The van der Waals surface area contributed by atoms with Crippen LogP contribution in [-0.4, -0.2) is 19.5 Å². The molecule has 0 spiro atoms. The molecule has 0 radical (unpaired) electrons. The maximum Gasteiger partial charge on any atom is 0.523 e. The predicted molar refractivity (Wildman–Crippen MR) is 54.6 cm³/mol. The van der Waals surface area contributed by atoms with Gasteiger partial charge >= 0.3 is 15.6 Å². The van der Waals surface area contributed by atoms with Gasteiger partial charge in [-0.2, -0.15) is 21.6 Å². The molecular formula is C10H15F3O3S. The van der Waals surface area contributed by atoms with Gasteiger partial charge in [-0.3, -0.25) is 4.18 Å². The first-order valence-electron chi connectivity index (χ1n) is 5.76. The smallest absolute Gasteiger partial charge is 0.257 e. The first kappa shape index (κ1) is 13.1. The summed E-state index contributed by atoms with van der Waals surface area (Å²) >= 11 is 0. The van der Waals surface area contributed by atoms with Crippen molar-refractivity contribution in [3.63, 3.8) is 0 Å². The third-order valence-corrected chi connectivity index (χ3v) is 4.97. The molecule has 0 aromatic heterocycles. The van der Waals surface area contributed by atoms with Crippen LogP contribution in [0.3, 0.4) is 0 Å². The molecular weight excluding hydrogens is 257 g/mol. The second-order valence-electron chi connectivity index (χ2n) is 5.00. The molecule has 3 rings (SSSR count). The number of hydrogen-bond acceptors (Lipinski definition) is 3. The highest BCUT2D eigenvalue weighted by molar-refractivity contribution is 7.87. The summed E-state index contributed by atoms with van der Waals surface area (Å²) in [5.74, 6) is 0.530. The number of alkyl halides is 3. The van der Waals surface area contributed by atoms with Gasteiger partial charge in [0, 0.05) is 0 Å². The molecule has 3 saturated carbocycles. The van der Waals surface area contributed by atoms with Crippen molar-refractivity contribution >= 4 is 10.1 Å². The Hall–Kier alpha value is -0.300. The van der Waals surface area contributed by atoms with E-state index in [1.54, 1.807) is 0 Å². The van der Waals surface area contributed by atoms with Crippen LogP contribution in [0.5, 0.6) is 0 Å². The van der Waals surface area contributed by atoms with E-state index in [1.165, 1.54) is 0 Å². The van der Waals surface area contributed by atoms with E-state index in [9.17, 15) is 21.6 Å². The number of hydrogen-bond donors (Lipinski definition) is 0. The highest BCUT2D eigenvalue weighted by atomic mass is 32.2. The quantitative estimate of drug-likeness (QED) is 0.573. The van der Waals surface area contributed by atoms with Crippen LogP contribution in [-0.2, 0) is 14.3 Å². The van der Waals surface area contributed by atoms with Gasteiger partial charge in [0.15, 0.2) is 0 Å². The lowest BCUT2D eigenvalue weighted by atomic mass is 9.81. The van der Waals surface area contributed by atoms with E-state index in [1.807, 2.05) is 0 Å². The Labute approximate surface area is 98.5 Å². The first-order valence-corrected chi connectivity index (χ1v) is 7.17. The second kappa shape index (κ2) is 4.12. The van der Waals surface area contributed by atoms with Crippen molar-refractivity contribution in [1.82, 2.24) is 0 Å². The molecule has 3 aliphatic carbocycles. The zero-order valence-electron chi connectivity index (χ0n) is 9.29. The minimum atomic E-state index is -5.46. The SMILES string of the molecule is O=S(=O)(OC12CCCC(CC1)CC2)C(F)(F)F. The standard InChI is InChI=1S/C10H15F3O3S/c11-10(12,13)17(14,15)16-9-5-1-2-8(3-6-9)4-7-9/h8H,1-7H2. The summed E-state index contributed by atoms with van der Waals surface area (Å²) in [4.78, 5) is 0. The lowest BCUT2D eigenvalue weighted by molar-refractivity contribution is -0.0707. The van der Waals surface area contributed by atoms with Gasteiger partial charge in [0.25, 0.3) is 0 Å². The summed E-state index contributed by atoms with van der Waals surface area (Å²) in [5.41, 5.74) is -6.41. The van der Waals surface area contributed by atoms with Gasteiger partial charge in [-0.25, -0.2) is 0 Å². The molecule has 0 saturated heterocycles. The Morgan fingerprint density at radius 3 is 2.18 bits per heavy atom. The first-order chi connectivity index (χ1) is 7.74. The van der Waals surface area contributed by atoms with E-state index in [0.717, 1.165) is 25.7 Å². The summed E-state index contributed by atoms with van der Waals surface area (Å²) in [6.07, 6.45) is 4.52. The van der Waals surface area contributed by atoms with Crippen LogP contribution < -0.4 is 0 Å². The summed E-state index contributed by atoms with van der Waals surface area (Å²) in [7, 11) is -5.46. The maximum atomic E-state index is 12.3. The highest BCUT2D eigenvalue weighted by Gasteiger charge is 2.53. The van der Waals surface area contributed by atoms with E-state index >= 15 is 0 Å². The van der Waals surface area contributed by atoms with E-state index in [-0.39, 0.29) is 0 Å². The lowest BCUT2D eigenvalue weighted by Gasteiger charge is -2.35. The van der Waals surface area contributed by atoms with Crippen LogP contribution >= 0.6 is 0 Å². The van der Waals surface area contributed by atoms with Gasteiger partial charge in [-0.05, 0) is 38.0 Å². The summed E-state index contributed by atoms with van der Waals surface area (Å²) in [5, 5.41) is 0. The molecule has 0 amide bonds. The van der Waals surface area contributed by atoms with Crippen molar-refractivity contribution in [2.75, 3.05) is 0 Å². The average Bonchev–Trinajstić information content (AvgIpc) is 2.48. The molecule has 0 unspecified atom stereocenters. The fraction of sp³-hybridized carbons (Fsp3) is 1.00. The maximum absolute atomic E-state index is 12.3. The Morgan fingerprint density at radius 1 is 1.06 bits per heavy atom. The van der Waals surface area contributed by atoms with Crippen LogP contribution in [0, 0.1) is 5.92 Å². The van der Waals surface area contributed by atoms with Crippen molar-refractivity contribution < 1.29 is 25.8 Å². The Bertz CT molecular complexity index is 375. The molecule has 3 aliphatic rings. The van der Waals surface area contributed by atoms with Gasteiger partial charge in [0.1, 0.15) is 0 Å². The van der Waals surface area contributed by atoms with E-state index in [0.29, 0.717) is 25.2 Å². The molecule has 2 bridgehead atoms. The molecule has 0 aromatic rings. The van der Waals surface area contributed by atoms with Crippen LogP contribution in [0.15, 0.2) is 0 Å². The molecule has 17 heavy (non-hydrogen) atoms. The van der Waals surface area contributed by atoms with Crippen LogP contribution in [0.25, 0.3) is 0 Å². The summed E-state index contributed by atoms with van der Waals surface area (Å²) in [6.45, 7) is 0. The summed E-state index contributed by atoms with van der Waals surface area (Å²) < 4.78 is 63.6. The minimum absolute atomic E-state index is 0.415. The zero-order valence-corrected chi connectivity index (χ0v) is 10.1. The molecule has 100 valence electrons. The third-order valence-electron chi connectivity index (χ3n) is 3.83. The Kier molecular flexibility index (Phi) is 3.18. The van der Waals surface area contributed by atoms with Crippen molar-refractivity contribution in [3.8, 4) is 0 Å². The molecule has 0 aromatic carbocycles. The topological polar surface area (TPSA) is 43.4 Å². The number of rotatable bonds is 2. The Balaban J connectivity index is 2.17. The summed E-state index contributed by atoms with van der Waals surface area (Å²) in [6, 6.07) is 0. The zero-order chi connectivity index (χ0) is 12.7. The minimum Gasteiger partial charge on any atom is -0.257 e. The van der Waals surface area contributed by atoms with Gasteiger partial charge in [-0.1, -0.05) is 12.8 Å². The van der Waals surface area contributed by atoms with Crippen LogP contribution in [0.4, 0.5) is 13.2 Å². The fourth-order valence-electron chi connectivity index (χ4n) is 2.86. The van der Waals surface area contributed by atoms with Gasteiger partial charge in [-0.15, -0.1) is 0 Å². The van der Waals surface area contributed by atoms with Gasteiger partial charge in [0.2, 0.25) is 0 Å². The highest BCUT2D eigenvalue weighted by Crippen LogP contribution is 2.46. The molecule has 0 heterocycles. The van der Waals surface area contributed by atoms with Crippen molar-refractivity contribution in [2.24, 2.45) is 5.92 Å². The predicted octanol–water partition coefficient (Wildman–Crippen LogP) is 2.97. The molecule has 3 fully saturated rings. The van der Waals surface area contributed by atoms with Gasteiger partial charge in [0.05, 0.1) is 5.60 Å². The average molecular weight is 272 g/mol. The van der Waals surface area contributed by atoms with E-state index < -0.39 is 21.2 Å². The van der Waals surface area contributed by atoms with Gasteiger partial charge < -0.3 is 0 Å². The lowest BCUT2D eigenvalue weighted by Crippen LogP contribution is -2.41. The number of fused-ring (bicyclic) bond motifs is 4. The normalized spacial score (nSPS) is 34.6. The third kappa shape index (κ3) is 2.59. The molecule has 0 N–H and O–H groups in total. The van der Waals surface area contributed by atoms with E-state index in [2.05, 4.69) is 4.18 Å². The fourth-order valence-corrected chi connectivity index (χ4v) is 3.67. The molecule has 3 nitrogen and oxygen atoms in total. The second-order valence-corrected chi connectivity index (χ2v) is 6.54. The monoisotopic (exact) mass is 272 g/mol. The molecule has 7 heteroatoms. The van der Waals surface area contributed by atoms with Crippen molar-refractivity contribution in [2.45, 2.75) is 56.1 Å².